The van der Waals surface area contributed by atoms with Gasteiger partial charge in [0.1, 0.15) is 5.75 Å². The van der Waals surface area contributed by atoms with Crippen molar-refractivity contribution in [3.8, 4) is 5.75 Å². The summed E-state index contributed by atoms with van der Waals surface area (Å²) in [6.45, 7) is 6.32. The van der Waals surface area contributed by atoms with Gasteiger partial charge in [0.15, 0.2) is 0 Å². The van der Waals surface area contributed by atoms with Crippen LogP contribution in [-0.2, 0) is 6.54 Å². The molecule has 2 aromatic rings. The lowest BCUT2D eigenvalue weighted by Crippen LogP contribution is -2.48. The summed E-state index contributed by atoms with van der Waals surface area (Å²) in [4.78, 5) is 17.2. The molecule has 0 N–H and O–H groups in total. The van der Waals surface area contributed by atoms with E-state index in [0.717, 1.165) is 53.2 Å². The zero-order valence-corrected chi connectivity index (χ0v) is 16.8. The van der Waals surface area contributed by atoms with Gasteiger partial charge in [0.25, 0.3) is 5.91 Å². The highest BCUT2D eigenvalue weighted by Gasteiger charge is 2.23. The van der Waals surface area contributed by atoms with Crippen molar-refractivity contribution in [2.45, 2.75) is 13.5 Å². The van der Waals surface area contributed by atoms with E-state index in [2.05, 4.69) is 39.6 Å². The van der Waals surface area contributed by atoms with E-state index in [1.165, 1.54) is 5.56 Å². The first-order valence-electron chi connectivity index (χ1n) is 8.48. The number of amides is 1. The fourth-order valence-corrected chi connectivity index (χ4v) is 3.67. The number of piperazine rings is 1. The highest BCUT2D eigenvalue weighted by atomic mass is 127. The van der Waals surface area contributed by atoms with Crippen LogP contribution >= 0.6 is 22.6 Å². The Morgan fingerprint density at radius 3 is 2.40 bits per heavy atom. The maximum atomic E-state index is 12.8. The van der Waals surface area contributed by atoms with Crippen LogP contribution in [-0.4, -0.2) is 49.0 Å². The molecule has 0 bridgehead atoms. The lowest BCUT2D eigenvalue weighted by atomic mass is 10.1. The second kappa shape index (κ2) is 8.19. The molecule has 25 heavy (non-hydrogen) atoms. The summed E-state index contributed by atoms with van der Waals surface area (Å²) in [5.74, 6) is 1.03. The first-order valence-corrected chi connectivity index (χ1v) is 9.56. The Balaban J connectivity index is 1.57. The minimum atomic E-state index is 0.150. The minimum Gasteiger partial charge on any atom is -0.497 e. The van der Waals surface area contributed by atoms with Gasteiger partial charge in [-0.3, -0.25) is 9.69 Å². The molecule has 4 nitrogen and oxygen atoms in total. The summed E-state index contributed by atoms with van der Waals surface area (Å²) in [5.41, 5.74) is 3.25. The molecule has 5 heteroatoms. The van der Waals surface area contributed by atoms with Crippen molar-refractivity contribution in [1.82, 2.24) is 9.80 Å². The highest BCUT2D eigenvalue weighted by molar-refractivity contribution is 14.1. The Kier molecular flexibility index (Phi) is 5.96. The largest absolute Gasteiger partial charge is 0.497 e. The quantitative estimate of drug-likeness (QED) is 0.668. The van der Waals surface area contributed by atoms with Gasteiger partial charge in [-0.1, -0.05) is 24.3 Å². The topological polar surface area (TPSA) is 32.8 Å². The maximum Gasteiger partial charge on any atom is 0.255 e. The SMILES string of the molecule is COc1ccc(CN2CCN(C(=O)c3cccc(C)c3I)CC2)cc1. The van der Waals surface area contributed by atoms with Gasteiger partial charge in [-0.25, -0.2) is 0 Å². The van der Waals surface area contributed by atoms with Crippen LogP contribution in [0.3, 0.4) is 0 Å². The van der Waals surface area contributed by atoms with Crippen molar-refractivity contribution in [2.24, 2.45) is 0 Å². The van der Waals surface area contributed by atoms with Crippen molar-refractivity contribution < 1.29 is 9.53 Å². The highest BCUT2D eigenvalue weighted by Crippen LogP contribution is 2.20. The van der Waals surface area contributed by atoms with Crippen LogP contribution in [0.15, 0.2) is 42.5 Å². The van der Waals surface area contributed by atoms with Crippen LogP contribution in [0.1, 0.15) is 21.5 Å². The van der Waals surface area contributed by atoms with Gasteiger partial charge in [0, 0.05) is 36.3 Å². The molecule has 0 saturated carbocycles. The zero-order valence-electron chi connectivity index (χ0n) is 14.7. The Bertz CT molecular complexity index is 738. The lowest BCUT2D eigenvalue weighted by molar-refractivity contribution is 0.0627. The van der Waals surface area contributed by atoms with E-state index in [1.807, 2.05) is 42.2 Å². The summed E-state index contributed by atoms with van der Waals surface area (Å²) < 4.78 is 6.26. The number of methoxy groups -OCH3 is 1. The van der Waals surface area contributed by atoms with E-state index >= 15 is 0 Å². The average molecular weight is 450 g/mol. The third-order valence-electron chi connectivity index (χ3n) is 4.65. The van der Waals surface area contributed by atoms with Gasteiger partial charge in [0.05, 0.1) is 12.7 Å². The molecule has 0 atom stereocenters. The molecule has 0 aromatic heterocycles. The molecule has 0 aliphatic carbocycles. The first kappa shape index (κ1) is 18.2. The van der Waals surface area contributed by atoms with Gasteiger partial charge in [-0.05, 0) is 58.8 Å². The van der Waals surface area contributed by atoms with Crippen LogP contribution in [0.5, 0.6) is 5.75 Å². The van der Waals surface area contributed by atoms with Gasteiger partial charge >= 0.3 is 0 Å². The molecule has 0 radical (unpaired) electrons. The average Bonchev–Trinajstić information content (AvgIpc) is 2.65. The summed E-state index contributed by atoms with van der Waals surface area (Å²) in [5, 5.41) is 0. The molecule has 1 heterocycles. The number of benzene rings is 2. The van der Waals surface area contributed by atoms with Crippen LogP contribution in [0.4, 0.5) is 0 Å². The van der Waals surface area contributed by atoms with E-state index in [0.29, 0.717) is 0 Å². The third kappa shape index (κ3) is 4.33. The lowest BCUT2D eigenvalue weighted by Gasteiger charge is -2.35. The van der Waals surface area contributed by atoms with Crippen molar-refractivity contribution in [3.63, 3.8) is 0 Å². The predicted octanol–water partition coefficient (Wildman–Crippen LogP) is 3.57. The van der Waals surface area contributed by atoms with Crippen molar-refractivity contribution >= 4 is 28.5 Å². The predicted molar refractivity (Wildman–Crippen MR) is 108 cm³/mol. The molecular weight excluding hydrogens is 427 g/mol. The number of hydrogen-bond donors (Lipinski definition) is 0. The van der Waals surface area contributed by atoms with E-state index in [4.69, 9.17) is 4.74 Å². The van der Waals surface area contributed by atoms with E-state index in [9.17, 15) is 4.79 Å². The van der Waals surface area contributed by atoms with Crippen molar-refractivity contribution in [2.75, 3.05) is 33.3 Å². The summed E-state index contributed by atoms with van der Waals surface area (Å²) in [6.07, 6.45) is 0. The molecule has 1 aliphatic heterocycles. The van der Waals surface area contributed by atoms with Crippen LogP contribution < -0.4 is 4.74 Å². The van der Waals surface area contributed by atoms with Gasteiger partial charge in [-0.2, -0.15) is 0 Å². The van der Waals surface area contributed by atoms with E-state index < -0.39 is 0 Å². The molecule has 2 aromatic carbocycles. The normalized spacial score (nSPS) is 15.2. The number of aryl methyl sites for hydroxylation is 1. The smallest absolute Gasteiger partial charge is 0.255 e. The number of hydrogen-bond acceptors (Lipinski definition) is 3. The number of carbonyl (C=O) groups excluding carboxylic acids is 1. The zero-order chi connectivity index (χ0) is 17.8. The molecular formula is C20H23IN2O2. The summed E-state index contributed by atoms with van der Waals surface area (Å²) >= 11 is 2.27. The van der Waals surface area contributed by atoms with Gasteiger partial charge in [-0.15, -0.1) is 0 Å². The number of halogens is 1. The molecule has 0 spiro atoms. The third-order valence-corrected chi connectivity index (χ3v) is 6.08. The van der Waals surface area contributed by atoms with Gasteiger partial charge < -0.3 is 9.64 Å². The fourth-order valence-electron chi connectivity index (χ4n) is 3.08. The van der Waals surface area contributed by atoms with E-state index in [-0.39, 0.29) is 5.91 Å². The monoisotopic (exact) mass is 450 g/mol. The second-order valence-electron chi connectivity index (χ2n) is 6.35. The van der Waals surface area contributed by atoms with Crippen molar-refractivity contribution in [3.05, 3.63) is 62.7 Å². The number of carbonyl (C=O) groups is 1. The number of nitrogens with zero attached hydrogens (tertiary/aromatic N) is 2. The maximum absolute atomic E-state index is 12.8. The van der Waals surface area contributed by atoms with Crippen LogP contribution in [0.25, 0.3) is 0 Å². The first-order chi connectivity index (χ1) is 12.1. The van der Waals surface area contributed by atoms with Gasteiger partial charge in [0.2, 0.25) is 0 Å². The number of ether oxygens (including phenoxy) is 1. The minimum absolute atomic E-state index is 0.150. The molecule has 1 saturated heterocycles. The summed E-state index contributed by atoms with van der Waals surface area (Å²) in [7, 11) is 1.68. The standard InChI is InChI=1S/C20H23IN2O2/c1-15-4-3-5-18(19(15)21)20(24)23-12-10-22(11-13-23)14-16-6-8-17(25-2)9-7-16/h3-9H,10-14H2,1-2H3. The Morgan fingerprint density at radius 1 is 1.08 bits per heavy atom. The molecule has 1 aliphatic rings. The molecule has 0 unspecified atom stereocenters. The Hall–Kier alpha value is -1.60. The van der Waals surface area contributed by atoms with Crippen LogP contribution in [0.2, 0.25) is 0 Å². The second-order valence-corrected chi connectivity index (χ2v) is 7.43. The Labute approximate surface area is 162 Å². The summed E-state index contributed by atoms with van der Waals surface area (Å²) in [6, 6.07) is 14.1. The number of rotatable bonds is 4. The molecule has 3 rings (SSSR count). The Morgan fingerprint density at radius 2 is 1.76 bits per heavy atom. The van der Waals surface area contributed by atoms with Crippen molar-refractivity contribution in [1.29, 1.82) is 0 Å². The molecule has 1 amide bonds. The van der Waals surface area contributed by atoms with E-state index in [1.54, 1.807) is 7.11 Å². The molecule has 132 valence electrons. The molecule has 1 fully saturated rings. The fraction of sp³-hybridized carbons (Fsp3) is 0.350. The van der Waals surface area contributed by atoms with Crippen LogP contribution in [0, 0.1) is 10.5 Å².